The molecule has 0 radical (unpaired) electrons. The Labute approximate surface area is 150 Å². The van der Waals surface area contributed by atoms with Crippen LogP contribution in [0.5, 0.6) is 0 Å². The number of aromatic nitrogens is 1. The number of hydrogen-bond donors (Lipinski definition) is 3. The molecule has 0 fully saturated rings. The first-order valence-electron chi connectivity index (χ1n) is 9.38. The van der Waals surface area contributed by atoms with Crippen LogP contribution >= 0.6 is 0 Å². The van der Waals surface area contributed by atoms with Crippen molar-refractivity contribution in [3.8, 4) is 0 Å². The van der Waals surface area contributed by atoms with Crippen molar-refractivity contribution < 1.29 is 14.7 Å². The van der Waals surface area contributed by atoms with Crippen LogP contribution in [0.4, 0.5) is 5.82 Å². The largest absolute Gasteiger partial charge is 0.478 e. The molecule has 1 aromatic heterocycles. The molecule has 1 heterocycles. The van der Waals surface area contributed by atoms with Crippen LogP contribution < -0.4 is 5.32 Å². The number of nitrogens with one attached hydrogen (secondary N) is 2. The summed E-state index contributed by atoms with van der Waals surface area (Å²) in [5.74, 6) is 0.190. The van der Waals surface area contributed by atoms with Gasteiger partial charge in [0.2, 0.25) is 0 Å². The van der Waals surface area contributed by atoms with Crippen LogP contribution in [0.1, 0.15) is 64.7 Å². The number of aliphatic carboxylic acids is 1. The molecule has 2 unspecified atom stereocenters. The number of rotatable bonds is 15. The number of aldehydes is 1. The summed E-state index contributed by atoms with van der Waals surface area (Å²) >= 11 is 0. The average molecular weight is 348 g/mol. The third-order valence-corrected chi connectivity index (χ3v) is 4.32. The van der Waals surface area contributed by atoms with Gasteiger partial charge in [-0.05, 0) is 25.0 Å². The van der Waals surface area contributed by atoms with Crippen LogP contribution in [0, 0.1) is 5.92 Å². The molecule has 1 rings (SSSR count). The number of aromatic amines is 1. The van der Waals surface area contributed by atoms with Crippen LogP contribution in [0.2, 0.25) is 0 Å². The van der Waals surface area contributed by atoms with Crippen molar-refractivity contribution in [3.63, 3.8) is 0 Å². The minimum absolute atomic E-state index is 0.0274. The molecule has 0 spiro atoms. The zero-order chi connectivity index (χ0) is 18.3. The molecule has 0 amide bonds. The van der Waals surface area contributed by atoms with Crippen molar-refractivity contribution in [2.45, 2.75) is 70.8 Å². The maximum absolute atomic E-state index is 10.7. The van der Waals surface area contributed by atoms with Gasteiger partial charge in [0, 0.05) is 24.2 Å². The molecular formula is C20H32N2O3. The minimum Gasteiger partial charge on any atom is -0.478 e. The van der Waals surface area contributed by atoms with Crippen LogP contribution in [-0.4, -0.2) is 28.4 Å². The average Bonchev–Trinajstić information content (AvgIpc) is 3.10. The Morgan fingerprint density at radius 3 is 2.36 bits per heavy atom. The Kier molecular flexibility index (Phi) is 11.2. The van der Waals surface area contributed by atoms with Crippen molar-refractivity contribution in [2.24, 2.45) is 5.92 Å². The Morgan fingerprint density at radius 1 is 1.16 bits per heavy atom. The van der Waals surface area contributed by atoms with Crippen molar-refractivity contribution in [1.82, 2.24) is 4.98 Å². The highest BCUT2D eigenvalue weighted by atomic mass is 16.4. The third kappa shape index (κ3) is 11.2. The molecule has 5 heteroatoms. The Balaban J connectivity index is 2.13. The van der Waals surface area contributed by atoms with Gasteiger partial charge in [-0.25, -0.2) is 4.79 Å². The molecule has 1 aromatic rings. The van der Waals surface area contributed by atoms with Crippen LogP contribution in [0.15, 0.2) is 30.5 Å². The lowest BCUT2D eigenvalue weighted by atomic mass is 10.0. The normalized spacial score (nSPS) is 13.6. The summed E-state index contributed by atoms with van der Waals surface area (Å²) in [6.07, 6.45) is 16.0. The van der Waals surface area contributed by atoms with E-state index in [1.807, 2.05) is 25.3 Å². The van der Waals surface area contributed by atoms with Gasteiger partial charge in [0.1, 0.15) is 12.1 Å². The highest BCUT2D eigenvalue weighted by Crippen LogP contribution is 2.14. The molecule has 0 saturated heterocycles. The number of anilines is 1. The van der Waals surface area contributed by atoms with E-state index < -0.39 is 5.97 Å². The molecule has 0 aliphatic carbocycles. The molecular weight excluding hydrogens is 316 g/mol. The molecule has 5 nitrogen and oxygen atoms in total. The Morgan fingerprint density at radius 2 is 1.80 bits per heavy atom. The monoisotopic (exact) mass is 348 g/mol. The van der Waals surface area contributed by atoms with Crippen molar-refractivity contribution in [3.05, 3.63) is 30.5 Å². The lowest BCUT2D eigenvalue weighted by Crippen LogP contribution is -2.17. The van der Waals surface area contributed by atoms with E-state index in [1.165, 1.54) is 31.8 Å². The van der Waals surface area contributed by atoms with Gasteiger partial charge in [-0.1, -0.05) is 57.9 Å². The fraction of sp³-hybridized carbons (Fsp3) is 0.600. The Bertz CT molecular complexity index is 497. The Hall–Kier alpha value is -2.04. The number of carboxylic acids is 1. The zero-order valence-corrected chi connectivity index (χ0v) is 15.2. The van der Waals surface area contributed by atoms with Crippen molar-refractivity contribution >= 4 is 18.1 Å². The van der Waals surface area contributed by atoms with E-state index in [0.29, 0.717) is 0 Å². The van der Waals surface area contributed by atoms with E-state index in [2.05, 4.69) is 10.3 Å². The van der Waals surface area contributed by atoms with Crippen LogP contribution in [-0.2, 0) is 9.59 Å². The van der Waals surface area contributed by atoms with Crippen molar-refractivity contribution in [1.29, 1.82) is 0 Å². The predicted molar refractivity (Wildman–Crippen MR) is 102 cm³/mol. The second-order valence-electron chi connectivity index (χ2n) is 6.70. The van der Waals surface area contributed by atoms with E-state index in [-0.39, 0.29) is 12.0 Å². The summed E-state index contributed by atoms with van der Waals surface area (Å²) in [6.45, 7) is 1.98. The van der Waals surface area contributed by atoms with Gasteiger partial charge in [0.25, 0.3) is 0 Å². The van der Waals surface area contributed by atoms with Gasteiger partial charge in [-0.2, -0.15) is 0 Å². The molecule has 25 heavy (non-hydrogen) atoms. The first kappa shape index (κ1) is 21.0. The topological polar surface area (TPSA) is 82.2 Å². The molecule has 140 valence electrons. The number of carboxylic acid groups (broad SMARTS) is 1. The quantitative estimate of drug-likeness (QED) is 0.242. The lowest BCUT2D eigenvalue weighted by Gasteiger charge is -2.15. The van der Waals surface area contributed by atoms with Gasteiger partial charge < -0.3 is 20.2 Å². The van der Waals surface area contributed by atoms with E-state index in [4.69, 9.17) is 5.11 Å². The molecule has 0 saturated carbocycles. The highest BCUT2D eigenvalue weighted by molar-refractivity contribution is 5.79. The zero-order valence-electron chi connectivity index (χ0n) is 15.2. The number of H-pyrrole nitrogens is 1. The molecule has 0 aromatic carbocycles. The standard InChI is InChI=1S/C20H32N2O3/c1-17(16-23)10-7-5-3-2-4-6-8-11-18(13-14-20(24)25)22-19-12-9-15-21-19/h9,12-18,21-22H,2-8,10-11H2,1H3,(H,24,25). The third-order valence-electron chi connectivity index (χ3n) is 4.32. The first-order valence-corrected chi connectivity index (χ1v) is 9.38. The summed E-state index contributed by atoms with van der Waals surface area (Å²) in [5.41, 5.74) is 0. The van der Waals surface area contributed by atoms with Gasteiger partial charge >= 0.3 is 5.97 Å². The minimum atomic E-state index is -0.915. The van der Waals surface area contributed by atoms with E-state index >= 15 is 0 Å². The molecule has 2 atom stereocenters. The maximum atomic E-state index is 10.7. The predicted octanol–water partition coefficient (Wildman–Crippen LogP) is 4.78. The lowest BCUT2D eigenvalue weighted by molar-refractivity contribution is -0.131. The fourth-order valence-electron chi connectivity index (χ4n) is 2.82. The summed E-state index contributed by atoms with van der Waals surface area (Å²) in [5, 5.41) is 12.1. The maximum Gasteiger partial charge on any atom is 0.328 e. The van der Waals surface area contributed by atoms with Crippen molar-refractivity contribution in [2.75, 3.05) is 5.32 Å². The van der Waals surface area contributed by atoms with E-state index in [9.17, 15) is 9.59 Å². The fourth-order valence-corrected chi connectivity index (χ4v) is 2.82. The molecule has 3 N–H and O–H groups in total. The SMILES string of the molecule is CC(C=O)CCCCCCCCCC(C=CC(=O)O)Nc1ccc[nH]1. The van der Waals surface area contributed by atoms with Gasteiger partial charge in [0.05, 0.1) is 0 Å². The van der Waals surface area contributed by atoms with Crippen LogP contribution in [0.25, 0.3) is 0 Å². The number of carbonyl (C=O) groups excluding carboxylic acids is 1. The number of hydrogen-bond acceptors (Lipinski definition) is 3. The smallest absolute Gasteiger partial charge is 0.328 e. The molecule has 0 aliphatic heterocycles. The van der Waals surface area contributed by atoms with Gasteiger partial charge in [-0.15, -0.1) is 0 Å². The molecule has 0 bridgehead atoms. The van der Waals surface area contributed by atoms with Crippen LogP contribution in [0.3, 0.4) is 0 Å². The summed E-state index contributed by atoms with van der Waals surface area (Å²) in [6, 6.07) is 3.88. The summed E-state index contributed by atoms with van der Waals surface area (Å²) in [4.78, 5) is 24.3. The number of carbonyl (C=O) groups is 2. The highest BCUT2D eigenvalue weighted by Gasteiger charge is 2.06. The summed E-state index contributed by atoms with van der Waals surface area (Å²) in [7, 11) is 0. The van der Waals surface area contributed by atoms with Gasteiger partial charge in [-0.3, -0.25) is 0 Å². The number of unbranched alkanes of at least 4 members (excludes halogenated alkanes) is 6. The second kappa shape index (κ2) is 13.3. The van der Waals surface area contributed by atoms with Gasteiger partial charge in [0.15, 0.2) is 0 Å². The summed E-state index contributed by atoms with van der Waals surface area (Å²) < 4.78 is 0. The van der Waals surface area contributed by atoms with E-state index in [1.54, 1.807) is 6.08 Å². The van der Waals surface area contributed by atoms with E-state index in [0.717, 1.165) is 44.2 Å². The first-order chi connectivity index (χ1) is 12.1. The molecule has 0 aliphatic rings. The second-order valence-corrected chi connectivity index (χ2v) is 6.70.